The Balaban J connectivity index is 0. The third-order valence-corrected chi connectivity index (χ3v) is 0. The van der Waals surface area contributed by atoms with Crippen LogP contribution >= 0.6 is 0 Å². The van der Waals surface area contributed by atoms with Crippen molar-refractivity contribution < 1.29 is 93.8 Å². The second-order valence-corrected chi connectivity index (χ2v) is 0. The van der Waals surface area contributed by atoms with E-state index in [2.05, 4.69) is 0 Å². The molecule has 0 saturated carbocycles. The quantitative estimate of drug-likeness (QED) is 0.398. The third kappa shape index (κ3) is 93.9. The first-order valence-electron chi connectivity index (χ1n) is 0. The van der Waals surface area contributed by atoms with Crippen LogP contribution in [-0.2, 0) is 74.9 Å². The van der Waals surface area contributed by atoms with Crippen molar-refractivity contribution in [3.63, 3.8) is 0 Å². The average Bonchev–Trinajstić information content (AvgIpc) is 0. The molecule has 0 saturated heterocycles. The second kappa shape index (κ2) is 138. The van der Waals surface area contributed by atoms with Crippen molar-refractivity contribution in [3.05, 3.63) is 0 Å². The van der Waals surface area contributed by atoms with E-state index in [9.17, 15) is 0 Å². The van der Waals surface area contributed by atoms with E-state index in [0.29, 0.717) is 0 Å². The van der Waals surface area contributed by atoms with Crippen LogP contribution in [0.3, 0.4) is 0 Å². The van der Waals surface area contributed by atoms with Gasteiger partial charge in [-0.15, -0.1) is 0 Å². The summed E-state index contributed by atoms with van der Waals surface area (Å²) >= 11 is 0. The first kappa shape index (κ1) is 193. The van der Waals surface area contributed by atoms with Crippen LogP contribution < -0.4 is 18.9 Å². The van der Waals surface area contributed by atoms with E-state index in [1.165, 1.54) is 0 Å². The molecule has 0 aliphatic rings. The van der Waals surface area contributed by atoms with E-state index >= 15 is 0 Å². The zero-order chi connectivity index (χ0) is 0. The van der Waals surface area contributed by atoms with Crippen LogP contribution in [0.2, 0.25) is 0 Å². The molecular formula is FeLiNiO4Zn. The minimum atomic E-state index is 0. The Hall–Kier alpha value is 2.07. The predicted octanol–water partition coefficient (Wildman–Crippen LogP) is -3.48. The first-order valence-corrected chi connectivity index (χ1v) is 0. The van der Waals surface area contributed by atoms with Crippen LogP contribution in [0.5, 0.6) is 0 Å². The second-order valence-electron chi connectivity index (χ2n) is 0. The molecule has 0 unspecified atom stereocenters. The summed E-state index contributed by atoms with van der Waals surface area (Å²) in [5, 5.41) is 0. The minimum Gasteiger partial charge on any atom is -2.00 e. The molecule has 0 fully saturated rings. The van der Waals surface area contributed by atoms with Crippen molar-refractivity contribution in [1.29, 1.82) is 0 Å². The Morgan fingerprint density at radius 1 is 0.625 bits per heavy atom. The van der Waals surface area contributed by atoms with Gasteiger partial charge in [0.05, 0.1) is 0 Å². The zero-order valence-corrected chi connectivity index (χ0v) is 9.07. The van der Waals surface area contributed by atoms with E-state index in [4.69, 9.17) is 0 Å². The Bertz CT molecular complexity index is 16.0. The van der Waals surface area contributed by atoms with Gasteiger partial charge < -0.3 is 21.9 Å². The molecule has 0 aromatic carbocycles. The summed E-state index contributed by atoms with van der Waals surface area (Å²) in [6.45, 7) is 0. The van der Waals surface area contributed by atoms with Gasteiger partial charge in [0.1, 0.15) is 0 Å². The molecule has 4 nitrogen and oxygen atoms in total. The molecule has 0 bridgehead atoms. The fourth-order valence-corrected chi connectivity index (χ4v) is 0. The zero-order valence-electron chi connectivity index (χ0n) is 4.01. The van der Waals surface area contributed by atoms with Gasteiger partial charge in [0.25, 0.3) is 0 Å². The summed E-state index contributed by atoms with van der Waals surface area (Å²) in [6, 6.07) is 0. The molecule has 0 heterocycles. The third-order valence-electron chi connectivity index (χ3n) is 0. The molecule has 0 amide bonds. The number of hydrogen-bond donors (Lipinski definition) is 0. The van der Waals surface area contributed by atoms with Crippen LogP contribution in [0.4, 0.5) is 0 Å². The van der Waals surface area contributed by atoms with Gasteiger partial charge in [-0.25, -0.2) is 0 Å². The molecule has 8 heteroatoms. The summed E-state index contributed by atoms with van der Waals surface area (Å²) < 4.78 is 0. The molecule has 0 rings (SSSR count). The summed E-state index contributed by atoms with van der Waals surface area (Å²) in [5.41, 5.74) is 0. The molecule has 0 aliphatic carbocycles. The topological polar surface area (TPSA) is 114 Å². The van der Waals surface area contributed by atoms with Crippen molar-refractivity contribution in [1.82, 2.24) is 0 Å². The Kier molecular flexibility index (Phi) is 3320. The standard InChI is InChI=1S/Fe.Li.Ni.4O.Zn/q+3;+1;+2;4*-2;+2. The van der Waals surface area contributed by atoms with Crippen molar-refractivity contribution in [2.75, 3.05) is 0 Å². The van der Waals surface area contributed by atoms with Crippen LogP contribution in [-0.4, -0.2) is 0 Å². The van der Waals surface area contributed by atoms with Crippen LogP contribution in [0.15, 0.2) is 0 Å². The monoisotopic (exact) mass is 249 g/mol. The first-order chi connectivity index (χ1) is 0. The molecule has 0 atom stereocenters. The van der Waals surface area contributed by atoms with Gasteiger partial charge in [0, 0.05) is 0 Å². The fourth-order valence-electron chi connectivity index (χ4n) is 0. The molecule has 8 heavy (non-hydrogen) atoms. The molecule has 0 aromatic heterocycles. The molecule has 0 spiro atoms. The van der Waals surface area contributed by atoms with Gasteiger partial charge in [-0.1, -0.05) is 0 Å². The van der Waals surface area contributed by atoms with Gasteiger partial charge in [-0.2, -0.15) is 0 Å². The van der Waals surface area contributed by atoms with E-state index in [-0.39, 0.29) is 93.8 Å². The van der Waals surface area contributed by atoms with Crippen LogP contribution in [0.1, 0.15) is 0 Å². The van der Waals surface area contributed by atoms with E-state index in [0.717, 1.165) is 0 Å². The predicted molar refractivity (Wildman–Crippen MR) is 2.75 cm³/mol. The van der Waals surface area contributed by atoms with Crippen molar-refractivity contribution in [2.45, 2.75) is 0 Å². The number of hydrogen-bond acceptors (Lipinski definition) is 0. The van der Waals surface area contributed by atoms with Gasteiger partial charge in [-0.05, 0) is 0 Å². The van der Waals surface area contributed by atoms with E-state index in [1.807, 2.05) is 0 Å². The number of rotatable bonds is 0. The molecule has 1 radical (unpaired) electrons. The Labute approximate surface area is 93.1 Å². The maximum absolute atomic E-state index is 0. The largest absolute Gasteiger partial charge is 3.00 e. The van der Waals surface area contributed by atoms with Crippen molar-refractivity contribution in [3.8, 4) is 0 Å². The Morgan fingerprint density at radius 3 is 0.625 bits per heavy atom. The summed E-state index contributed by atoms with van der Waals surface area (Å²) in [5.74, 6) is 0. The molecule has 0 aliphatic heterocycles. The summed E-state index contributed by atoms with van der Waals surface area (Å²) in [7, 11) is 0. The van der Waals surface area contributed by atoms with Gasteiger partial charge >= 0.3 is 71.9 Å². The smallest absolute Gasteiger partial charge is 2.00 e. The molecule has 0 N–H and O–H groups in total. The van der Waals surface area contributed by atoms with Crippen LogP contribution in [0, 0.1) is 0 Å². The maximum atomic E-state index is 0. The van der Waals surface area contributed by atoms with Gasteiger partial charge in [0.15, 0.2) is 0 Å². The van der Waals surface area contributed by atoms with Crippen LogP contribution in [0.25, 0.3) is 0 Å². The Morgan fingerprint density at radius 2 is 0.625 bits per heavy atom. The minimum absolute atomic E-state index is 0. The average molecular weight is 251 g/mol. The van der Waals surface area contributed by atoms with Gasteiger partial charge in [0.2, 0.25) is 0 Å². The molecule has 45 valence electrons. The van der Waals surface area contributed by atoms with Gasteiger partial charge in [-0.3, -0.25) is 0 Å². The van der Waals surface area contributed by atoms with Crippen molar-refractivity contribution in [2.24, 2.45) is 0 Å². The maximum Gasteiger partial charge on any atom is 3.00 e. The molecular weight excluding hydrogens is 251 g/mol. The van der Waals surface area contributed by atoms with E-state index in [1.54, 1.807) is 0 Å². The molecule has 0 aromatic rings. The van der Waals surface area contributed by atoms with Crippen molar-refractivity contribution >= 4 is 0 Å². The fraction of sp³-hybridized carbons (Fsp3) is 0. The normalized spacial score (nSPS) is 0. The van der Waals surface area contributed by atoms with E-state index < -0.39 is 0 Å². The SMILES string of the molecule is [Fe+3].[Li+].[Ni+2].[O-2].[O-2].[O-2].[O-2].[Zn+2]. The summed E-state index contributed by atoms with van der Waals surface area (Å²) in [4.78, 5) is 0. The summed E-state index contributed by atoms with van der Waals surface area (Å²) in [6.07, 6.45) is 0.